The maximum atomic E-state index is 12.8. The van der Waals surface area contributed by atoms with Crippen molar-refractivity contribution in [2.45, 2.75) is 45.1 Å². The Kier molecular flexibility index (Phi) is 4.46. The van der Waals surface area contributed by atoms with Crippen LogP contribution in [0.25, 0.3) is 0 Å². The molecule has 1 aliphatic rings. The molecule has 0 spiro atoms. The number of carbonyl (C=O) groups is 1. The molecule has 1 fully saturated rings. The highest BCUT2D eigenvalue weighted by Gasteiger charge is 2.39. The Balaban J connectivity index is 2.26. The van der Waals surface area contributed by atoms with Gasteiger partial charge >= 0.3 is 0 Å². The second kappa shape index (κ2) is 5.72. The molecule has 0 N–H and O–H groups in total. The number of hydrogen-bond donors (Lipinski definition) is 0. The average Bonchev–Trinajstić information content (AvgIpc) is 2.84. The van der Waals surface area contributed by atoms with Gasteiger partial charge in [0, 0.05) is 0 Å². The van der Waals surface area contributed by atoms with E-state index < -0.39 is 5.54 Å². The second-order valence-corrected chi connectivity index (χ2v) is 6.43. The third kappa shape index (κ3) is 2.49. The van der Waals surface area contributed by atoms with Crippen LogP contribution in [0.1, 0.15) is 49.2 Å². The van der Waals surface area contributed by atoms with Crippen LogP contribution in [0.4, 0.5) is 0 Å². The van der Waals surface area contributed by atoms with Crippen LogP contribution in [0.3, 0.4) is 0 Å². The highest BCUT2D eigenvalue weighted by molar-refractivity contribution is 7.12. The topological polar surface area (TPSA) is 20.3 Å². The van der Waals surface area contributed by atoms with Crippen LogP contribution < -0.4 is 0 Å². The zero-order valence-electron chi connectivity index (χ0n) is 11.0. The monoisotopic (exact) mass is 285 g/mol. The van der Waals surface area contributed by atoms with Crippen molar-refractivity contribution in [2.75, 3.05) is 13.1 Å². The SMILES string of the molecule is CCC(C)(C(=O)c1sccc1Cl)N1CCCCC1. The number of Topliss-reactive ketones (excluding diaryl/α,β-unsaturated/α-hetero) is 1. The summed E-state index contributed by atoms with van der Waals surface area (Å²) in [6, 6.07) is 1.81. The Morgan fingerprint density at radius 1 is 1.44 bits per heavy atom. The second-order valence-electron chi connectivity index (χ2n) is 5.10. The van der Waals surface area contributed by atoms with Crippen LogP contribution in [0.15, 0.2) is 11.4 Å². The maximum Gasteiger partial charge on any atom is 0.194 e. The number of piperidine rings is 1. The summed E-state index contributed by atoms with van der Waals surface area (Å²) in [4.78, 5) is 15.8. The third-order valence-electron chi connectivity index (χ3n) is 4.06. The van der Waals surface area contributed by atoms with Gasteiger partial charge in [0.15, 0.2) is 5.78 Å². The maximum absolute atomic E-state index is 12.8. The fourth-order valence-electron chi connectivity index (χ4n) is 2.62. The van der Waals surface area contributed by atoms with Gasteiger partial charge in [0.05, 0.1) is 15.4 Å². The van der Waals surface area contributed by atoms with E-state index in [9.17, 15) is 4.79 Å². The Morgan fingerprint density at radius 3 is 2.61 bits per heavy atom. The molecule has 1 saturated heterocycles. The smallest absolute Gasteiger partial charge is 0.194 e. The summed E-state index contributed by atoms with van der Waals surface area (Å²) in [5.74, 6) is 0.187. The zero-order chi connectivity index (χ0) is 13.2. The van der Waals surface area contributed by atoms with Crippen molar-refractivity contribution in [1.29, 1.82) is 0 Å². The van der Waals surface area contributed by atoms with E-state index in [1.807, 2.05) is 11.4 Å². The van der Waals surface area contributed by atoms with Crippen molar-refractivity contribution in [3.8, 4) is 0 Å². The minimum atomic E-state index is -0.394. The van der Waals surface area contributed by atoms with Gasteiger partial charge in [-0.1, -0.05) is 24.9 Å². The molecule has 18 heavy (non-hydrogen) atoms. The quantitative estimate of drug-likeness (QED) is 0.771. The van der Waals surface area contributed by atoms with E-state index in [4.69, 9.17) is 11.6 Å². The third-order valence-corrected chi connectivity index (χ3v) is 5.40. The van der Waals surface area contributed by atoms with Crippen molar-refractivity contribution in [2.24, 2.45) is 0 Å². The molecular weight excluding hydrogens is 266 g/mol. The van der Waals surface area contributed by atoms with Gasteiger partial charge in [0.1, 0.15) is 0 Å². The van der Waals surface area contributed by atoms with Gasteiger partial charge < -0.3 is 0 Å². The highest BCUT2D eigenvalue weighted by atomic mass is 35.5. The summed E-state index contributed by atoms with van der Waals surface area (Å²) in [5, 5.41) is 2.49. The van der Waals surface area contributed by atoms with Gasteiger partial charge in [-0.05, 0) is 50.7 Å². The lowest BCUT2D eigenvalue weighted by atomic mass is 9.88. The lowest BCUT2D eigenvalue weighted by Gasteiger charge is -2.41. The first-order chi connectivity index (χ1) is 8.59. The van der Waals surface area contributed by atoms with Crippen LogP contribution in [0.5, 0.6) is 0 Å². The minimum Gasteiger partial charge on any atom is -0.291 e. The van der Waals surface area contributed by atoms with Gasteiger partial charge in [0.25, 0.3) is 0 Å². The average molecular weight is 286 g/mol. The van der Waals surface area contributed by atoms with Gasteiger partial charge in [-0.2, -0.15) is 0 Å². The summed E-state index contributed by atoms with van der Waals surface area (Å²) in [7, 11) is 0. The van der Waals surface area contributed by atoms with Crippen molar-refractivity contribution in [3.05, 3.63) is 21.3 Å². The van der Waals surface area contributed by atoms with Crippen molar-refractivity contribution in [3.63, 3.8) is 0 Å². The molecule has 4 heteroatoms. The number of carbonyl (C=O) groups excluding carboxylic acids is 1. The number of rotatable bonds is 4. The van der Waals surface area contributed by atoms with Crippen LogP contribution in [-0.4, -0.2) is 29.3 Å². The molecule has 0 aromatic carbocycles. The molecule has 0 aliphatic carbocycles. The number of halogens is 1. The number of hydrogen-bond acceptors (Lipinski definition) is 3. The summed E-state index contributed by atoms with van der Waals surface area (Å²) in [5.41, 5.74) is -0.394. The predicted molar refractivity (Wildman–Crippen MR) is 77.8 cm³/mol. The molecule has 0 amide bonds. The fraction of sp³-hybridized carbons (Fsp3) is 0.643. The Morgan fingerprint density at radius 2 is 2.11 bits per heavy atom. The number of ketones is 1. The number of thiophene rings is 1. The number of nitrogens with zero attached hydrogens (tertiary/aromatic N) is 1. The molecule has 0 bridgehead atoms. The van der Waals surface area contributed by atoms with Gasteiger partial charge in [-0.25, -0.2) is 0 Å². The van der Waals surface area contributed by atoms with E-state index in [2.05, 4.69) is 18.7 Å². The van der Waals surface area contributed by atoms with Gasteiger partial charge in [-0.3, -0.25) is 9.69 Å². The molecule has 1 unspecified atom stereocenters. The zero-order valence-corrected chi connectivity index (χ0v) is 12.6. The molecule has 2 nitrogen and oxygen atoms in total. The highest BCUT2D eigenvalue weighted by Crippen LogP contribution is 2.32. The molecule has 1 aromatic heterocycles. The predicted octanol–water partition coefficient (Wildman–Crippen LogP) is 4.24. The van der Waals surface area contributed by atoms with Crippen LogP contribution in [0, 0.1) is 0 Å². The molecule has 0 saturated carbocycles. The first-order valence-corrected chi connectivity index (χ1v) is 7.88. The molecule has 100 valence electrons. The van der Waals surface area contributed by atoms with E-state index >= 15 is 0 Å². The normalized spacial score (nSPS) is 20.6. The van der Waals surface area contributed by atoms with Crippen molar-refractivity contribution >= 4 is 28.7 Å². The first kappa shape index (κ1) is 14.0. The van der Waals surface area contributed by atoms with Gasteiger partial charge in [-0.15, -0.1) is 11.3 Å². The van der Waals surface area contributed by atoms with Crippen LogP contribution >= 0.6 is 22.9 Å². The molecule has 1 aromatic rings. The molecule has 0 radical (unpaired) electrons. The summed E-state index contributed by atoms with van der Waals surface area (Å²) in [6.45, 7) is 6.21. The largest absolute Gasteiger partial charge is 0.291 e. The summed E-state index contributed by atoms with van der Waals surface area (Å²) in [6.07, 6.45) is 4.51. The van der Waals surface area contributed by atoms with Crippen LogP contribution in [0.2, 0.25) is 5.02 Å². The van der Waals surface area contributed by atoms with Crippen molar-refractivity contribution < 1.29 is 4.79 Å². The van der Waals surface area contributed by atoms with E-state index in [0.29, 0.717) is 9.90 Å². The summed E-state index contributed by atoms with van der Waals surface area (Å²) < 4.78 is 0. The molecule has 2 rings (SSSR count). The van der Waals surface area contributed by atoms with E-state index in [0.717, 1.165) is 19.5 Å². The Hall–Kier alpha value is -0.380. The summed E-state index contributed by atoms with van der Waals surface area (Å²) >= 11 is 7.56. The lowest BCUT2D eigenvalue weighted by Crippen LogP contribution is -2.53. The Labute approximate surface area is 118 Å². The van der Waals surface area contributed by atoms with E-state index in [1.54, 1.807) is 0 Å². The first-order valence-electron chi connectivity index (χ1n) is 6.62. The Bertz CT molecular complexity index is 425. The molecule has 1 atom stereocenters. The van der Waals surface area contributed by atoms with Gasteiger partial charge in [0.2, 0.25) is 0 Å². The number of likely N-dealkylation sites (tertiary alicyclic amines) is 1. The van der Waals surface area contributed by atoms with E-state index in [-0.39, 0.29) is 5.78 Å². The van der Waals surface area contributed by atoms with Crippen LogP contribution in [-0.2, 0) is 0 Å². The standard InChI is InChI=1S/C14H20ClNOS/c1-3-14(2,16-8-5-4-6-9-16)13(17)12-11(15)7-10-18-12/h7,10H,3-6,8-9H2,1-2H3. The molecular formula is C14H20ClNOS. The lowest BCUT2D eigenvalue weighted by molar-refractivity contribution is 0.0510. The minimum absolute atomic E-state index is 0.187. The molecule has 1 aliphatic heterocycles. The van der Waals surface area contributed by atoms with Crippen molar-refractivity contribution in [1.82, 2.24) is 4.90 Å². The fourth-order valence-corrected chi connectivity index (χ4v) is 3.82. The van der Waals surface area contributed by atoms with E-state index in [1.165, 1.54) is 30.6 Å². The molecule has 2 heterocycles.